The van der Waals surface area contributed by atoms with E-state index in [0.717, 1.165) is 31.7 Å². The van der Waals surface area contributed by atoms with Crippen LogP contribution in [0.3, 0.4) is 0 Å². The van der Waals surface area contributed by atoms with Crippen molar-refractivity contribution in [1.29, 1.82) is 0 Å². The van der Waals surface area contributed by atoms with Gasteiger partial charge in [0.15, 0.2) is 0 Å². The Bertz CT molecular complexity index is 435. The Morgan fingerprint density at radius 3 is 2.94 bits per heavy atom. The summed E-state index contributed by atoms with van der Waals surface area (Å²) in [5.41, 5.74) is 1.41. The van der Waals surface area contributed by atoms with Crippen LogP contribution in [0, 0.1) is 12.3 Å². The topological polar surface area (TPSA) is 12.5 Å². The summed E-state index contributed by atoms with van der Waals surface area (Å²) < 4.78 is 5.30. The van der Waals surface area contributed by atoms with Gasteiger partial charge in [-0.05, 0) is 37.7 Å². The van der Waals surface area contributed by atoms with Gasteiger partial charge in [-0.2, -0.15) is 0 Å². The van der Waals surface area contributed by atoms with E-state index in [2.05, 4.69) is 30.0 Å². The van der Waals surface area contributed by atoms with Crippen molar-refractivity contribution in [3.63, 3.8) is 0 Å². The van der Waals surface area contributed by atoms with Gasteiger partial charge in [0.1, 0.15) is 5.75 Å². The molecule has 1 aromatic rings. The fourth-order valence-corrected chi connectivity index (χ4v) is 2.71. The molecular formula is C15H19NO. The van der Waals surface area contributed by atoms with Crippen LogP contribution in [0.25, 0.3) is 0 Å². The zero-order valence-electron chi connectivity index (χ0n) is 10.6. The highest BCUT2D eigenvalue weighted by atomic mass is 16.5. The van der Waals surface area contributed by atoms with Gasteiger partial charge in [-0.15, -0.1) is 12.3 Å². The van der Waals surface area contributed by atoms with Crippen molar-refractivity contribution in [3.05, 3.63) is 29.8 Å². The minimum atomic E-state index is 0.109. The summed E-state index contributed by atoms with van der Waals surface area (Å²) in [6.07, 6.45) is 7.47. The average Bonchev–Trinajstić information content (AvgIpc) is 2.73. The van der Waals surface area contributed by atoms with E-state index in [9.17, 15) is 0 Å². The van der Waals surface area contributed by atoms with Gasteiger partial charge in [0.2, 0.25) is 0 Å². The van der Waals surface area contributed by atoms with Crippen LogP contribution in [-0.4, -0.2) is 32.1 Å². The Kier molecular flexibility index (Phi) is 3.40. The first-order valence-corrected chi connectivity index (χ1v) is 5.97. The van der Waals surface area contributed by atoms with E-state index >= 15 is 0 Å². The highest BCUT2D eigenvalue weighted by molar-refractivity contribution is 5.36. The molecule has 0 N–H and O–H groups in total. The maximum Gasteiger partial charge on any atom is 0.119 e. The molecular weight excluding hydrogens is 210 g/mol. The molecule has 90 valence electrons. The summed E-state index contributed by atoms with van der Waals surface area (Å²) in [5.74, 6) is 3.75. The van der Waals surface area contributed by atoms with Crippen molar-refractivity contribution in [1.82, 2.24) is 4.90 Å². The third-order valence-electron chi connectivity index (χ3n) is 3.67. The van der Waals surface area contributed by atoms with Gasteiger partial charge >= 0.3 is 0 Å². The van der Waals surface area contributed by atoms with Gasteiger partial charge in [0.05, 0.1) is 7.11 Å². The molecule has 0 saturated carbocycles. The largest absolute Gasteiger partial charge is 0.497 e. The van der Waals surface area contributed by atoms with Crippen LogP contribution in [0.5, 0.6) is 5.75 Å². The predicted molar refractivity (Wildman–Crippen MR) is 70.2 cm³/mol. The van der Waals surface area contributed by atoms with Crippen LogP contribution < -0.4 is 4.74 Å². The number of methoxy groups -OCH3 is 1. The first-order chi connectivity index (χ1) is 8.20. The average molecular weight is 229 g/mol. The van der Waals surface area contributed by atoms with Crippen molar-refractivity contribution in [2.75, 3.05) is 27.2 Å². The summed E-state index contributed by atoms with van der Waals surface area (Å²) in [6.45, 7) is 2.14. The van der Waals surface area contributed by atoms with E-state index in [0.29, 0.717) is 0 Å². The Balaban J connectivity index is 2.36. The zero-order valence-corrected chi connectivity index (χ0v) is 10.6. The van der Waals surface area contributed by atoms with Crippen molar-refractivity contribution >= 4 is 0 Å². The second-order valence-corrected chi connectivity index (χ2v) is 4.88. The summed E-state index contributed by atoms with van der Waals surface area (Å²) in [4.78, 5) is 2.34. The molecule has 1 aliphatic heterocycles. The fraction of sp³-hybridized carbons (Fsp3) is 0.467. The van der Waals surface area contributed by atoms with Gasteiger partial charge in [-0.1, -0.05) is 12.1 Å². The van der Waals surface area contributed by atoms with Crippen molar-refractivity contribution < 1.29 is 4.74 Å². The molecule has 2 rings (SSSR count). The van der Waals surface area contributed by atoms with Crippen LogP contribution in [0.15, 0.2) is 24.3 Å². The summed E-state index contributed by atoms with van der Waals surface area (Å²) in [5, 5.41) is 0. The smallest absolute Gasteiger partial charge is 0.119 e. The highest BCUT2D eigenvalue weighted by Gasteiger charge is 2.37. The molecule has 1 aromatic carbocycles. The van der Waals surface area contributed by atoms with Gasteiger partial charge in [-0.3, -0.25) is 0 Å². The molecule has 1 saturated heterocycles. The van der Waals surface area contributed by atoms with Gasteiger partial charge in [0, 0.05) is 18.4 Å². The fourth-order valence-electron chi connectivity index (χ4n) is 2.71. The standard InChI is InChI=1S/C15H19NO/c1-4-8-15(9-10-16(2)12-15)13-6-5-7-14(11-13)17-3/h1,5-7,11H,8-10,12H2,2-3H3. The summed E-state index contributed by atoms with van der Waals surface area (Å²) in [6, 6.07) is 8.31. The Hall–Kier alpha value is -1.46. The van der Waals surface area contributed by atoms with Crippen LogP contribution in [0.4, 0.5) is 0 Å². The minimum absolute atomic E-state index is 0.109. The van der Waals surface area contributed by atoms with E-state index < -0.39 is 0 Å². The lowest BCUT2D eigenvalue weighted by Crippen LogP contribution is -2.29. The number of likely N-dealkylation sites (tertiary alicyclic amines) is 1. The minimum Gasteiger partial charge on any atom is -0.497 e. The number of ether oxygens (including phenoxy) is 1. The van der Waals surface area contributed by atoms with E-state index in [1.807, 2.05) is 12.1 Å². The Labute approximate surface area is 104 Å². The molecule has 0 radical (unpaired) electrons. The van der Waals surface area contributed by atoms with Gasteiger partial charge < -0.3 is 9.64 Å². The van der Waals surface area contributed by atoms with E-state index in [1.54, 1.807) is 7.11 Å². The number of nitrogens with zero attached hydrogens (tertiary/aromatic N) is 1. The summed E-state index contributed by atoms with van der Waals surface area (Å²) in [7, 11) is 3.85. The number of benzene rings is 1. The molecule has 0 aliphatic carbocycles. The maximum absolute atomic E-state index is 5.55. The van der Waals surface area contributed by atoms with Gasteiger partial charge in [0.25, 0.3) is 0 Å². The molecule has 1 aliphatic rings. The Morgan fingerprint density at radius 2 is 2.35 bits per heavy atom. The van der Waals surface area contributed by atoms with Crippen LogP contribution >= 0.6 is 0 Å². The molecule has 2 nitrogen and oxygen atoms in total. The number of hydrogen-bond donors (Lipinski definition) is 0. The van der Waals surface area contributed by atoms with E-state index in [4.69, 9.17) is 11.2 Å². The normalized spacial score (nSPS) is 24.5. The lowest BCUT2D eigenvalue weighted by atomic mass is 9.77. The zero-order chi connectivity index (χ0) is 12.3. The number of hydrogen-bond acceptors (Lipinski definition) is 2. The van der Waals surface area contributed by atoms with E-state index in [1.165, 1.54) is 5.56 Å². The molecule has 1 atom stereocenters. The number of terminal acetylenes is 1. The lowest BCUT2D eigenvalue weighted by Gasteiger charge is -2.27. The monoisotopic (exact) mass is 229 g/mol. The molecule has 0 bridgehead atoms. The van der Waals surface area contributed by atoms with E-state index in [-0.39, 0.29) is 5.41 Å². The molecule has 0 spiro atoms. The van der Waals surface area contributed by atoms with Crippen molar-refractivity contribution in [2.24, 2.45) is 0 Å². The molecule has 0 amide bonds. The van der Waals surface area contributed by atoms with Crippen LogP contribution in [0.2, 0.25) is 0 Å². The molecule has 0 aromatic heterocycles. The third kappa shape index (κ3) is 2.30. The third-order valence-corrected chi connectivity index (χ3v) is 3.67. The highest BCUT2D eigenvalue weighted by Crippen LogP contribution is 2.38. The molecule has 2 heteroatoms. The quantitative estimate of drug-likeness (QED) is 0.737. The first kappa shape index (κ1) is 12.0. The Morgan fingerprint density at radius 1 is 1.53 bits per heavy atom. The molecule has 1 unspecified atom stereocenters. The maximum atomic E-state index is 5.55. The van der Waals surface area contributed by atoms with Gasteiger partial charge in [-0.25, -0.2) is 0 Å². The second kappa shape index (κ2) is 4.81. The van der Waals surface area contributed by atoms with Crippen LogP contribution in [-0.2, 0) is 5.41 Å². The first-order valence-electron chi connectivity index (χ1n) is 5.97. The second-order valence-electron chi connectivity index (χ2n) is 4.88. The predicted octanol–water partition coefficient (Wildman–Crippen LogP) is 2.29. The van der Waals surface area contributed by atoms with Crippen molar-refractivity contribution in [2.45, 2.75) is 18.3 Å². The number of rotatable bonds is 3. The molecule has 17 heavy (non-hydrogen) atoms. The molecule has 1 fully saturated rings. The molecule has 1 heterocycles. The summed E-state index contributed by atoms with van der Waals surface area (Å²) >= 11 is 0. The number of likely N-dealkylation sites (N-methyl/N-ethyl adjacent to an activating group) is 1. The van der Waals surface area contributed by atoms with Crippen molar-refractivity contribution in [3.8, 4) is 18.1 Å². The lowest BCUT2D eigenvalue weighted by molar-refractivity contribution is 0.368. The van der Waals surface area contributed by atoms with Crippen LogP contribution in [0.1, 0.15) is 18.4 Å². The SMILES string of the molecule is C#CCC1(c2cccc(OC)c2)CCN(C)C1.